The van der Waals surface area contributed by atoms with Gasteiger partial charge in [0.05, 0.1) is 18.0 Å². The van der Waals surface area contributed by atoms with E-state index in [9.17, 15) is 39.0 Å². The number of ketones is 1. The van der Waals surface area contributed by atoms with Crippen molar-refractivity contribution in [2.24, 2.45) is 29.0 Å². The fourth-order valence-corrected chi connectivity index (χ4v) is 8.87. The second-order valence-electron chi connectivity index (χ2n) is 15.8. The third kappa shape index (κ3) is 15.6. The van der Waals surface area contributed by atoms with Crippen LogP contribution < -0.4 is 38.5 Å². The smallest absolute Gasteiger partial charge is 0.306 e. The number of hydrogen-bond acceptors (Lipinski definition) is 12. The third-order valence-electron chi connectivity index (χ3n) is 9.54. The van der Waals surface area contributed by atoms with Gasteiger partial charge in [-0.1, -0.05) is 47.6 Å². The van der Waals surface area contributed by atoms with Crippen LogP contribution in [-0.4, -0.2) is 98.4 Å². The van der Waals surface area contributed by atoms with E-state index in [1.165, 1.54) is 33.7 Å². The normalized spacial score (nSPS) is 23.1. The van der Waals surface area contributed by atoms with Gasteiger partial charge in [0.25, 0.3) is 0 Å². The minimum Gasteiger partial charge on any atom is -0.508 e. The van der Waals surface area contributed by atoms with E-state index in [2.05, 4.69) is 21.3 Å². The molecule has 17 heteroatoms. The molecule has 310 valence electrons. The molecule has 0 unspecified atom stereocenters. The number of unbranched alkanes of at least 4 members (excludes halogenated alkanes) is 2. The number of amides is 4. The van der Waals surface area contributed by atoms with Gasteiger partial charge in [0, 0.05) is 15.9 Å². The molecule has 0 spiro atoms. The molecular weight excluding hydrogens is 747 g/mol. The third-order valence-corrected chi connectivity index (χ3v) is 13.8. The van der Waals surface area contributed by atoms with Crippen molar-refractivity contribution < 1.29 is 39.0 Å². The average molecular weight is 810 g/mol. The molecule has 6 atom stereocenters. The van der Waals surface area contributed by atoms with Crippen LogP contribution in [0.2, 0.25) is 0 Å². The highest BCUT2D eigenvalue weighted by Gasteiger charge is 2.44. The lowest BCUT2D eigenvalue weighted by atomic mass is 9.89. The summed E-state index contributed by atoms with van der Waals surface area (Å²) in [6, 6.07) is 0.431. The van der Waals surface area contributed by atoms with Crippen molar-refractivity contribution in [1.82, 2.24) is 21.3 Å². The summed E-state index contributed by atoms with van der Waals surface area (Å²) in [7, 11) is 2.48. The summed E-state index contributed by atoms with van der Waals surface area (Å²) in [4.78, 5) is 82.0. The Labute approximate surface area is 333 Å². The molecule has 55 heavy (non-hydrogen) atoms. The Hall–Kier alpha value is -3.38. The zero-order valence-electron chi connectivity index (χ0n) is 33.0. The number of carbonyl (C=O) groups is 6. The summed E-state index contributed by atoms with van der Waals surface area (Å²) in [5, 5.41) is 31.0. The first-order chi connectivity index (χ1) is 25.7. The van der Waals surface area contributed by atoms with Crippen molar-refractivity contribution in [1.29, 1.82) is 0 Å². The number of carboxylic acid groups (broad SMARTS) is 1. The summed E-state index contributed by atoms with van der Waals surface area (Å²) in [5.74, 6) is -5.10. The van der Waals surface area contributed by atoms with Crippen molar-refractivity contribution >= 4 is 57.0 Å². The van der Waals surface area contributed by atoms with E-state index in [1.807, 2.05) is 13.8 Å². The van der Waals surface area contributed by atoms with Crippen LogP contribution in [0.25, 0.3) is 0 Å². The maximum absolute atomic E-state index is 14.5. The lowest BCUT2D eigenvalue weighted by Gasteiger charge is -2.38. The number of aromatic hydroxyl groups is 1. The number of Topliss-reactive ketones (excluding diaryl/α,β-unsaturated/α-hetero) is 1. The van der Waals surface area contributed by atoms with Crippen molar-refractivity contribution in [3.8, 4) is 5.75 Å². The maximum atomic E-state index is 14.5. The molecule has 1 aliphatic heterocycles. The van der Waals surface area contributed by atoms with Gasteiger partial charge in [0.1, 0.15) is 23.9 Å². The van der Waals surface area contributed by atoms with E-state index in [-0.39, 0.29) is 43.8 Å². The summed E-state index contributed by atoms with van der Waals surface area (Å²) in [6.45, 7) is 11.5. The molecule has 12 N–H and O–H groups in total. The molecule has 0 radical (unpaired) electrons. The number of rotatable bonds is 18. The molecule has 0 saturated carbocycles. The van der Waals surface area contributed by atoms with Gasteiger partial charge in [0.15, 0.2) is 5.78 Å². The highest BCUT2D eigenvalue weighted by molar-refractivity contribution is 8.77. The minimum absolute atomic E-state index is 0.00255. The Morgan fingerprint density at radius 1 is 0.818 bits per heavy atom. The Balaban J connectivity index is 2.61. The first-order valence-electron chi connectivity index (χ1n) is 19.0. The Morgan fingerprint density at radius 3 is 1.84 bits per heavy atom. The predicted molar refractivity (Wildman–Crippen MR) is 217 cm³/mol. The van der Waals surface area contributed by atoms with Gasteiger partial charge < -0.3 is 48.7 Å². The van der Waals surface area contributed by atoms with Crippen molar-refractivity contribution in [2.75, 3.05) is 13.1 Å². The number of phenols is 1. The Morgan fingerprint density at radius 2 is 1.33 bits per heavy atom. The molecule has 1 aromatic carbocycles. The van der Waals surface area contributed by atoms with Crippen molar-refractivity contribution in [2.45, 2.75) is 139 Å². The van der Waals surface area contributed by atoms with Crippen LogP contribution in [0, 0.1) is 11.8 Å². The van der Waals surface area contributed by atoms with Gasteiger partial charge in [-0.05, 0) is 116 Å². The zero-order chi connectivity index (χ0) is 41.5. The number of nitrogens with two attached hydrogens (primary N) is 3. The van der Waals surface area contributed by atoms with Crippen LogP contribution in [0.15, 0.2) is 24.3 Å². The van der Waals surface area contributed by atoms with Crippen LogP contribution in [0.1, 0.15) is 98.5 Å². The van der Waals surface area contributed by atoms with E-state index in [1.54, 1.807) is 39.8 Å². The van der Waals surface area contributed by atoms with E-state index < -0.39 is 81.0 Å². The van der Waals surface area contributed by atoms with E-state index in [0.717, 1.165) is 0 Å². The quantitative estimate of drug-likeness (QED) is 0.0761. The average Bonchev–Trinajstić information content (AvgIpc) is 3.11. The molecule has 15 nitrogen and oxygen atoms in total. The molecule has 0 aromatic heterocycles. The fraction of sp³-hybridized carbons (Fsp3) is 0.684. The number of nitrogens with one attached hydrogen (secondary N) is 4. The van der Waals surface area contributed by atoms with Gasteiger partial charge >= 0.3 is 5.97 Å². The van der Waals surface area contributed by atoms with Crippen molar-refractivity contribution in [3.05, 3.63) is 29.8 Å². The second kappa shape index (κ2) is 22.4. The SMILES string of the molecule is CC(C)C[C@H](CC(=O)[C@H](Cc1ccc(O)cc1)NC(=O)[C@H]1NC(=O)[C@H](CCCCN)NC(=O)[C@H](CCCCN)NC(=O)[C@@H](N)C(C)(C)SSC1(C)C)C(=O)O. The molecule has 0 aliphatic carbocycles. The van der Waals surface area contributed by atoms with Crippen LogP contribution >= 0.6 is 21.6 Å². The molecule has 0 bridgehead atoms. The Bertz CT molecular complexity index is 1460. The molecule has 1 fully saturated rings. The maximum Gasteiger partial charge on any atom is 0.306 e. The van der Waals surface area contributed by atoms with Gasteiger partial charge in [0.2, 0.25) is 23.6 Å². The van der Waals surface area contributed by atoms with Gasteiger partial charge in [-0.3, -0.25) is 28.8 Å². The first-order valence-corrected chi connectivity index (χ1v) is 21.1. The predicted octanol–water partition coefficient (Wildman–Crippen LogP) is 2.12. The second-order valence-corrected chi connectivity index (χ2v) is 19.2. The van der Waals surface area contributed by atoms with Crippen LogP contribution in [0.3, 0.4) is 0 Å². The molecule has 1 aromatic rings. The number of aliphatic carboxylic acids is 1. The Kier molecular flexibility index (Phi) is 19.4. The summed E-state index contributed by atoms with van der Waals surface area (Å²) >= 11 is 0. The highest BCUT2D eigenvalue weighted by atomic mass is 33.1. The largest absolute Gasteiger partial charge is 0.508 e. The van der Waals surface area contributed by atoms with Crippen LogP contribution in [-0.2, 0) is 35.2 Å². The monoisotopic (exact) mass is 809 g/mol. The molecule has 2 rings (SSSR count). The van der Waals surface area contributed by atoms with E-state index in [0.29, 0.717) is 44.3 Å². The van der Waals surface area contributed by atoms with Crippen molar-refractivity contribution in [3.63, 3.8) is 0 Å². The molecule has 4 amide bonds. The zero-order valence-corrected chi connectivity index (χ0v) is 34.7. The number of phenolic OH excluding ortho intramolecular Hbond substituents is 1. The summed E-state index contributed by atoms with van der Waals surface area (Å²) in [6.07, 6.45) is 2.55. The van der Waals surface area contributed by atoms with Crippen LogP contribution in [0.4, 0.5) is 0 Å². The van der Waals surface area contributed by atoms with E-state index in [4.69, 9.17) is 17.2 Å². The van der Waals surface area contributed by atoms with Gasteiger partial charge in [-0.25, -0.2) is 0 Å². The molecule has 1 saturated heterocycles. The lowest BCUT2D eigenvalue weighted by Crippen LogP contribution is -2.63. The molecule has 1 aliphatic rings. The number of benzene rings is 1. The van der Waals surface area contributed by atoms with Gasteiger partial charge in [-0.2, -0.15) is 0 Å². The fourth-order valence-electron chi connectivity index (χ4n) is 6.08. The summed E-state index contributed by atoms with van der Waals surface area (Å²) < 4.78 is -2.03. The number of carbonyl (C=O) groups excluding carboxylic acids is 5. The minimum atomic E-state index is -1.29. The number of hydrogen-bond donors (Lipinski definition) is 9. The highest BCUT2D eigenvalue weighted by Crippen LogP contribution is 2.46. The molecule has 1 heterocycles. The molecular formula is C38H63N7O8S2. The van der Waals surface area contributed by atoms with Crippen LogP contribution in [0.5, 0.6) is 5.75 Å². The standard InChI is InChI=1S/C38H63N7O8S2/c1-22(2)19-24(36(52)53)21-29(47)28(20-23-13-15-25(46)16-14-23)44-35(51)31-38(5,6)55-54-37(3,4)30(41)34(50)43-26(11-7-9-17-39)32(48)42-27(33(49)45-31)12-8-10-18-40/h13-16,22,24,26-28,30-31,46H,7-12,17-21,39-41H2,1-6H3,(H,42,48)(H,43,50)(H,44,51)(H,45,49)(H,52,53)/t24-,26+,27+,28+,30-,31-/m1/s1. The first kappa shape index (κ1) is 47.8. The lowest BCUT2D eigenvalue weighted by molar-refractivity contribution is -0.144. The summed E-state index contributed by atoms with van der Waals surface area (Å²) in [5.41, 5.74) is 18.5. The topological polar surface area (TPSA) is 269 Å². The van der Waals surface area contributed by atoms with Gasteiger partial charge in [-0.15, -0.1) is 0 Å². The van der Waals surface area contributed by atoms with E-state index >= 15 is 0 Å². The number of carboxylic acids is 1.